The van der Waals surface area contributed by atoms with Crippen molar-refractivity contribution in [1.82, 2.24) is 34.5 Å². The van der Waals surface area contributed by atoms with Gasteiger partial charge in [0, 0.05) is 36.1 Å². The van der Waals surface area contributed by atoms with Gasteiger partial charge in [0.1, 0.15) is 10.5 Å². The largest absolute Gasteiger partial charge is 0.323 e. The number of nitrogens with zero attached hydrogens (tertiary/aromatic N) is 6. The van der Waals surface area contributed by atoms with Crippen LogP contribution in [0.15, 0.2) is 28.6 Å². The highest BCUT2D eigenvalue weighted by Crippen LogP contribution is 2.31. The third-order valence-electron chi connectivity index (χ3n) is 4.31. The molecule has 136 valence electrons. The average Bonchev–Trinajstić information content (AvgIpc) is 3.40. The second-order valence-electron chi connectivity index (χ2n) is 6.04. The molecule has 1 N–H and O–H groups in total. The first kappa shape index (κ1) is 16.6. The number of halogens is 1. The second kappa shape index (κ2) is 6.25. The summed E-state index contributed by atoms with van der Waals surface area (Å²) in [5.41, 5.74) is 2.93. The van der Waals surface area contributed by atoms with Gasteiger partial charge < -0.3 is 4.57 Å². The molecule has 27 heavy (non-hydrogen) atoms. The van der Waals surface area contributed by atoms with E-state index in [2.05, 4.69) is 20.3 Å². The standard InChI is InChI=1S/C16H12ClN7OS2/c1-23-12-10(5-19-24(15(12)25)6-9-7-26-16(17)20-9)13-14(23)21-11(27-13)4-8-2-3-18-22-8/h2-3,5,7H,4,6H2,1H3,(H,18,22). The summed E-state index contributed by atoms with van der Waals surface area (Å²) < 4.78 is 4.66. The van der Waals surface area contributed by atoms with Gasteiger partial charge in [0.15, 0.2) is 10.1 Å². The molecule has 0 atom stereocenters. The maximum absolute atomic E-state index is 13.0. The van der Waals surface area contributed by atoms with Crippen LogP contribution in [-0.2, 0) is 20.0 Å². The number of rotatable bonds is 4. The number of thiazole rings is 2. The molecule has 0 saturated carbocycles. The molecule has 0 amide bonds. The number of aromatic amines is 1. The van der Waals surface area contributed by atoms with Gasteiger partial charge in [-0.25, -0.2) is 14.6 Å². The molecule has 11 heteroatoms. The fourth-order valence-electron chi connectivity index (χ4n) is 3.08. The van der Waals surface area contributed by atoms with Gasteiger partial charge in [-0.15, -0.1) is 22.7 Å². The molecule has 5 rings (SSSR count). The first-order chi connectivity index (χ1) is 13.1. The number of fused-ring (bicyclic) bond motifs is 3. The van der Waals surface area contributed by atoms with Gasteiger partial charge in [0.2, 0.25) is 0 Å². The number of hydrogen-bond acceptors (Lipinski definition) is 7. The number of aryl methyl sites for hydroxylation is 1. The van der Waals surface area contributed by atoms with E-state index in [4.69, 9.17) is 16.6 Å². The van der Waals surface area contributed by atoms with Crippen molar-refractivity contribution in [1.29, 1.82) is 0 Å². The lowest BCUT2D eigenvalue weighted by Crippen LogP contribution is -2.24. The van der Waals surface area contributed by atoms with Gasteiger partial charge in [0.25, 0.3) is 5.56 Å². The van der Waals surface area contributed by atoms with E-state index in [1.165, 1.54) is 16.0 Å². The van der Waals surface area contributed by atoms with Crippen LogP contribution in [0.3, 0.4) is 0 Å². The van der Waals surface area contributed by atoms with Crippen molar-refractivity contribution >= 4 is 55.5 Å². The summed E-state index contributed by atoms with van der Waals surface area (Å²) in [6, 6.07) is 1.93. The van der Waals surface area contributed by atoms with Crippen LogP contribution < -0.4 is 5.56 Å². The summed E-state index contributed by atoms with van der Waals surface area (Å²) in [4.78, 5) is 21.9. The van der Waals surface area contributed by atoms with Crippen LogP contribution >= 0.6 is 34.3 Å². The van der Waals surface area contributed by atoms with Crippen molar-refractivity contribution in [3.63, 3.8) is 0 Å². The molecule has 0 aromatic carbocycles. The molecule has 5 aromatic heterocycles. The van der Waals surface area contributed by atoms with Gasteiger partial charge in [-0.1, -0.05) is 11.6 Å². The number of aromatic nitrogens is 7. The van der Waals surface area contributed by atoms with Gasteiger partial charge in [-0.05, 0) is 6.07 Å². The molecule has 0 saturated heterocycles. The van der Waals surface area contributed by atoms with Gasteiger partial charge in [-0.2, -0.15) is 10.2 Å². The Hall–Kier alpha value is -2.56. The van der Waals surface area contributed by atoms with Crippen molar-refractivity contribution in [2.75, 3.05) is 0 Å². The minimum absolute atomic E-state index is 0.167. The Kier molecular flexibility index (Phi) is 3.85. The normalized spacial score (nSPS) is 11.8. The zero-order valence-corrected chi connectivity index (χ0v) is 16.4. The summed E-state index contributed by atoms with van der Waals surface area (Å²) in [5, 5.41) is 14.9. The third kappa shape index (κ3) is 2.76. The Labute approximate surface area is 165 Å². The molecule has 0 aliphatic carbocycles. The molecule has 0 spiro atoms. The highest BCUT2D eigenvalue weighted by Gasteiger charge is 2.18. The van der Waals surface area contributed by atoms with Crippen LogP contribution in [-0.4, -0.2) is 34.5 Å². The smallest absolute Gasteiger partial charge is 0.291 e. The minimum atomic E-state index is -0.167. The third-order valence-corrected chi connectivity index (χ3v) is 6.41. The zero-order valence-electron chi connectivity index (χ0n) is 14.0. The fourth-order valence-corrected chi connectivity index (χ4v) is 4.98. The molecule has 0 unspecified atom stereocenters. The average molecular weight is 418 g/mol. The summed E-state index contributed by atoms with van der Waals surface area (Å²) in [5.74, 6) is 0. The number of hydrogen-bond donors (Lipinski definition) is 1. The number of nitrogens with one attached hydrogen (secondary N) is 1. The van der Waals surface area contributed by atoms with E-state index < -0.39 is 0 Å². The van der Waals surface area contributed by atoms with Crippen LogP contribution in [0.25, 0.3) is 21.3 Å². The molecule has 8 nitrogen and oxygen atoms in total. The zero-order chi connectivity index (χ0) is 18.5. The molecule has 0 bridgehead atoms. The fraction of sp³-hybridized carbons (Fsp3) is 0.188. The van der Waals surface area contributed by atoms with E-state index in [1.807, 2.05) is 23.1 Å². The summed E-state index contributed by atoms with van der Waals surface area (Å²) in [6.45, 7) is 0.287. The first-order valence-corrected chi connectivity index (χ1v) is 10.1. The lowest BCUT2D eigenvalue weighted by molar-refractivity contribution is 0.635. The van der Waals surface area contributed by atoms with Crippen LogP contribution in [0, 0.1) is 0 Å². The Balaban J connectivity index is 1.60. The summed E-state index contributed by atoms with van der Waals surface area (Å²) in [7, 11) is 1.86. The molecular formula is C16H12ClN7OS2. The van der Waals surface area contributed by atoms with Crippen LogP contribution in [0.4, 0.5) is 0 Å². The Morgan fingerprint density at radius 1 is 1.33 bits per heavy atom. The van der Waals surface area contributed by atoms with E-state index >= 15 is 0 Å². The maximum atomic E-state index is 13.0. The Morgan fingerprint density at radius 3 is 2.96 bits per heavy atom. The van der Waals surface area contributed by atoms with E-state index in [1.54, 1.807) is 23.7 Å². The predicted octanol–water partition coefficient (Wildman–Crippen LogP) is 2.82. The van der Waals surface area contributed by atoms with Gasteiger partial charge in [0.05, 0.1) is 23.1 Å². The van der Waals surface area contributed by atoms with Crippen molar-refractivity contribution in [3.8, 4) is 0 Å². The topological polar surface area (TPSA) is 94.3 Å². The van der Waals surface area contributed by atoms with Crippen LogP contribution in [0.5, 0.6) is 0 Å². The first-order valence-electron chi connectivity index (χ1n) is 8.02. The highest BCUT2D eigenvalue weighted by atomic mass is 35.5. The van der Waals surface area contributed by atoms with Crippen LogP contribution in [0.2, 0.25) is 4.47 Å². The Bertz CT molecular complexity index is 1330. The minimum Gasteiger partial charge on any atom is -0.323 e. The number of H-pyrrole nitrogens is 1. The molecule has 0 aliphatic rings. The van der Waals surface area contributed by atoms with Gasteiger partial charge in [-0.3, -0.25) is 9.89 Å². The van der Waals surface area contributed by atoms with E-state index in [0.29, 0.717) is 16.4 Å². The predicted molar refractivity (Wildman–Crippen MR) is 106 cm³/mol. The summed E-state index contributed by atoms with van der Waals surface area (Å²) >= 11 is 8.78. The second-order valence-corrected chi connectivity index (χ2v) is 8.56. The monoisotopic (exact) mass is 417 g/mol. The quantitative estimate of drug-likeness (QED) is 0.485. The van der Waals surface area contributed by atoms with Crippen molar-refractivity contribution < 1.29 is 0 Å². The van der Waals surface area contributed by atoms with Gasteiger partial charge >= 0.3 is 0 Å². The SMILES string of the molecule is Cn1c2nc(Cc3ccn[nH]3)sc2c2cnn(Cc3csc(Cl)n3)c(=O)c21. The van der Waals surface area contributed by atoms with Crippen molar-refractivity contribution in [2.24, 2.45) is 7.05 Å². The van der Waals surface area contributed by atoms with Crippen molar-refractivity contribution in [3.05, 3.63) is 55.1 Å². The molecule has 0 radical (unpaired) electrons. The van der Waals surface area contributed by atoms with Crippen LogP contribution in [0.1, 0.15) is 16.4 Å². The molecule has 5 heterocycles. The molecular weight excluding hydrogens is 406 g/mol. The van der Waals surface area contributed by atoms with Crippen molar-refractivity contribution in [2.45, 2.75) is 13.0 Å². The molecule has 5 aromatic rings. The molecule has 0 fully saturated rings. The highest BCUT2D eigenvalue weighted by molar-refractivity contribution is 7.19. The lowest BCUT2D eigenvalue weighted by atomic mass is 10.3. The van der Waals surface area contributed by atoms with E-state index in [0.717, 1.165) is 32.1 Å². The molecule has 0 aliphatic heterocycles. The van der Waals surface area contributed by atoms with E-state index in [-0.39, 0.29) is 12.1 Å². The summed E-state index contributed by atoms with van der Waals surface area (Å²) in [6.07, 6.45) is 4.13. The van der Waals surface area contributed by atoms with E-state index in [9.17, 15) is 4.79 Å². The lowest BCUT2D eigenvalue weighted by Gasteiger charge is -2.03. The Morgan fingerprint density at radius 2 is 2.22 bits per heavy atom. The maximum Gasteiger partial charge on any atom is 0.291 e.